The van der Waals surface area contributed by atoms with Gasteiger partial charge in [0.15, 0.2) is 0 Å². The Morgan fingerprint density at radius 3 is 2.53 bits per heavy atom. The standard InChI is InChI=1S/C23H27N5O2/c1-16(2)21(27-22(29)20-9-4-6-17(3)10-20)23(30)25-12-18-7-5-8-19(11-18)13-28-15-24-14-26-28/h4-11,14-16,21H,12-13H2,1-3H3,(H,25,30)(H,27,29). The average Bonchev–Trinajstić information content (AvgIpc) is 3.23. The highest BCUT2D eigenvalue weighted by molar-refractivity contribution is 5.97. The Labute approximate surface area is 176 Å². The summed E-state index contributed by atoms with van der Waals surface area (Å²) >= 11 is 0. The van der Waals surface area contributed by atoms with Crippen LogP contribution in [-0.4, -0.2) is 32.6 Å². The molecule has 1 heterocycles. The van der Waals surface area contributed by atoms with E-state index >= 15 is 0 Å². The lowest BCUT2D eigenvalue weighted by atomic mass is 10.0. The van der Waals surface area contributed by atoms with E-state index in [1.807, 2.05) is 63.2 Å². The molecule has 1 unspecified atom stereocenters. The summed E-state index contributed by atoms with van der Waals surface area (Å²) in [5.41, 5.74) is 3.60. The summed E-state index contributed by atoms with van der Waals surface area (Å²) < 4.78 is 1.74. The predicted octanol–water partition coefficient (Wildman–Crippen LogP) is 2.71. The van der Waals surface area contributed by atoms with Crippen molar-refractivity contribution in [2.24, 2.45) is 5.92 Å². The van der Waals surface area contributed by atoms with Gasteiger partial charge in [-0.2, -0.15) is 5.10 Å². The molecule has 0 spiro atoms. The van der Waals surface area contributed by atoms with Crippen LogP contribution in [0, 0.1) is 12.8 Å². The van der Waals surface area contributed by atoms with Gasteiger partial charge < -0.3 is 10.6 Å². The van der Waals surface area contributed by atoms with Gasteiger partial charge in [-0.25, -0.2) is 9.67 Å². The van der Waals surface area contributed by atoms with Gasteiger partial charge >= 0.3 is 0 Å². The van der Waals surface area contributed by atoms with Gasteiger partial charge in [-0.15, -0.1) is 0 Å². The largest absolute Gasteiger partial charge is 0.350 e. The first kappa shape index (κ1) is 21.2. The Bertz CT molecular complexity index is 998. The number of rotatable bonds is 8. The number of nitrogens with zero attached hydrogens (tertiary/aromatic N) is 3. The predicted molar refractivity (Wildman–Crippen MR) is 115 cm³/mol. The van der Waals surface area contributed by atoms with Crippen LogP contribution >= 0.6 is 0 Å². The molecule has 30 heavy (non-hydrogen) atoms. The number of hydrogen-bond acceptors (Lipinski definition) is 4. The van der Waals surface area contributed by atoms with Crippen LogP contribution in [0.1, 0.15) is 40.9 Å². The number of benzene rings is 2. The van der Waals surface area contributed by atoms with Crippen LogP contribution in [0.3, 0.4) is 0 Å². The highest BCUT2D eigenvalue weighted by atomic mass is 16.2. The molecule has 2 aromatic carbocycles. The third kappa shape index (κ3) is 5.76. The van der Waals surface area contributed by atoms with E-state index in [9.17, 15) is 9.59 Å². The molecule has 2 N–H and O–H groups in total. The van der Waals surface area contributed by atoms with Crippen molar-refractivity contribution < 1.29 is 9.59 Å². The van der Waals surface area contributed by atoms with Crippen molar-refractivity contribution in [1.82, 2.24) is 25.4 Å². The van der Waals surface area contributed by atoms with Crippen molar-refractivity contribution in [3.05, 3.63) is 83.4 Å². The van der Waals surface area contributed by atoms with E-state index in [1.54, 1.807) is 17.1 Å². The molecule has 0 fully saturated rings. The molecule has 7 heteroatoms. The molecular weight excluding hydrogens is 378 g/mol. The third-order valence-electron chi connectivity index (χ3n) is 4.79. The van der Waals surface area contributed by atoms with Crippen LogP contribution in [-0.2, 0) is 17.9 Å². The van der Waals surface area contributed by atoms with Crippen molar-refractivity contribution in [2.75, 3.05) is 0 Å². The highest BCUT2D eigenvalue weighted by Gasteiger charge is 2.24. The molecule has 0 aliphatic rings. The molecule has 156 valence electrons. The molecule has 0 aliphatic heterocycles. The summed E-state index contributed by atoms with van der Waals surface area (Å²) in [6, 6.07) is 14.7. The number of amides is 2. The summed E-state index contributed by atoms with van der Waals surface area (Å²) in [4.78, 5) is 29.3. The fraction of sp³-hybridized carbons (Fsp3) is 0.304. The van der Waals surface area contributed by atoms with Crippen LogP contribution < -0.4 is 10.6 Å². The lowest BCUT2D eigenvalue weighted by Crippen LogP contribution is -2.49. The maximum absolute atomic E-state index is 12.8. The number of nitrogens with one attached hydrogen (secondary N) is 2. The molecular formula is C23H27N5O2. The van der Waals surface area contributed by atoms with Gasteiger partial charge in [0.1, 0.15) is 18.7 Å². The maximum Gasteiger partial charge on any atom is 0.251 e. The molecule has 1 atom stereocenters. The molecule has 2 amide bonds. The number of aromatic nitrogens is 3. The Kier molecular flexibility index (Phi) is 6.95. The summed E-state index contributed by atoms with van der Waals surface area (Å²) in [6.07, 6.45) is 3.17. The van der Waals surface area contributed by atoms with Gasteiger partial charge in [0.25, 0.3) is 5.91 Å². The van der Waals surface area contributed by atoms with E-state index in [-0.39, 0.29) is 17.7 Å². The topological polar surface area (TPSA) is 88.9 Å². The van der Waals surface area contributed by atoms with Crippen LogP contribution in [0.4, 0.5) is 0 Å². The molecule has 0 bridgehead atoms. The summed E-state index contributed by atoms with van der Waals surface area (Å²) in [7, 11) is 0. The first-order chi connectivity index (χ1) is 14.4. The normalized spacial score (nSPS) is 11.9. The maximum atomic E-state index is 12.8. The van der Waals surface area contributed by atoms with E-state index in [0.717, 1.165) is 16.7 Å². The zero-order valence-corrected chi connectivity index (χ0v) is 17.5. The highest BCUT2D eigenvalue weighted by Crippen LogP contribution is 2.09. The smallest absolute Gasteiger partial charge is 0.251 e. The second kappa shape index (κ2) is 9.82. The minimum absolute atomic E-state index is 0.0441. The monoisotopic (exact) mass is 405 g/mol. The fourth-order valence-corrected chi connectivity index (χ4v) is 3.18. The van der Waals surface area contributed by atoms with Crippen LogP contribution in [0.2, 0.25) is 0 Å². The summed E-state index contributed by atoms with van der Waals surface area (Å²) in [5, 5.41) is 9.93. The molecule has 0 saturated carbocycles. The Hall–Kier alpha value is -3.48. The van der Waals surface area contributed by atoms with Crippen molar-refractivity contribution in [1.29, 1.82) is 0 Å². The van der Waals surface area contributed by atoms with E-state index in [1.165, 1.54) is 6.33 Å². The molecule has 0 radical (unpaired) electrons. The number of carbonyl (C=O) groups is 2. The van der Waals surface area contributed by atoms with Crippen LogP contribution in [0.25, 0.3) is 0 Å². The second-order valence-corrected chi connectivity index (χ2v) is 7.70. The van der Waals surface area contributed by atoms with Crippen molar-refractivity contribution in [2.45, 2.75) is 39.9 Å². The molecule has 3 rings (SSSR count). The van der Waals surface area contributed by atoms with Crippen LogP contribution in [0.5, 0.6) is 0 Å². The number of hydrogen-bond donors (Lipinski definition) is 2. The van der Waals surface area contributed by atoms with E-state index < -0.39 is 6.04 Å². The number of carbonyl (C=O) groups excluding carboxylic acids is 2. The Morgan fingerprint density at radius 1 is 1.07 bits per heavy atom. The first-order valence-electron chi connectivity index (χ1n) is 9.98. The van der Waals surface area contributed by atoms with E-state index in [2.05, 4.69) is 20.7 Å². The summed E-state index contributed by atoms with van der Waals surface area (Å²) in [6.45, 7) is 6.76. The zero-order valence-electron chi connectivity index (χ0n) is 17.5. The fourth-order valence-electron chi connectivity index (χ4n) is 3.18. The molecule has 0 saturated heterocycles. The minimum Gasteiger partial charge on any atom is -0.350 e. The van der Waals surface area contributed by atoms with E-state index in [0.29, 0.717) is 18.7 Å². The number of aryl methyl sites for hydroxylation is 1. The quantitative estimate of drug-likeness (QED) is 0.603. The summed E-state index contributed by atoms with van der Waals surface area (Å²) in [5.74, 6) is -0.493. The minimum atomic E-state index is -0.614. The average molecular weight is 406 g/mol. The third-order valence-corrected chi connectivity index (χ3v) is 4.79. The molecule has 0 aliphatic carbocycles. The molecule has 7 nitrogen and oxygen atoms in total. The Morgan fingerprint density at radius 2 is 1.83 bits per heavy atom. The lowest BCUT2D eigenvalue weighted by Gasteiger charge is -2.22. The lowest BCUT2D eigenvalue weighted by molar-refractivity contribution is -0.124. The van der Waals surface area contributed by atoms with Crippen molar-refractivity contribution in [3.8, 4) is 0 Å². The van der Waals surface area contributed by atoms with Gasteiger partial charge in [-0.05, 0) is 36.1 Å². The van der Waals surface area contributed by atoms with Crippen molar-refractivity contribution in [3.63, 3.8) is 0 Å². The van der Waals surface area contributed by atoms with Crippen molar-refractivity contribution >= 4 is 11.8 Å². The molecule has 3 aromatic rings. The van der Waals surface area contributed by atoms with Gasteiger partial charge in [0.2, 0.25) is 5.91 Å². The van der Waals surface area contributed by atoms with Gasteiger partial charge in [0, 0.05) is 12.1 Å². The van der Waals surface area contributed by atoms with E-state index in [4.69, 9.17) is 0 Å². The van der Waals surface area contributed by atoms with Gasteiger partial charge in [-0.3, -0.25) is 9.59 Å². The van der Waals surface area contributed by atoms with Gasteiger partial charge in [-0.1, -0.05) is 55.8 Å². The Balaban J connectivity index is 1.61. The van der Waals surface area contributed by atoms with Crippen LogP contribution in [0.15, 0.2) is 61.2 Å². The zero-order chi connectivity index (χ0) is 21.5. The molecule has 1 aromatic heterocycles. The first-order valence-corrected chi connectivity index (χ1v) is 9.98. The SMILES string of the molecule is Cc1cccc(C(=O)NC(C(=O)NCc2cccc(Cn3cncn3)c2)C(C)C)c1. The second-order valence-electron chi connectivity index (χ2n) is 7.70. The van der Waals surface area contributed by atoms with Gasteiger partial charge in [0.05, 0.1) is 6.54 Å².